The average molecular weight is 934 g/mol. The zero-order valence-electron chi connectivity index (χ0n) is 45.3. The molecule has 1 saturated carbocycles. The molecule has 2 atom stereocenters. The summed E-state index contributed by atoms with van der Waals surface area (Å²) in [5, 5.41) is 0. The number of nitrogens with zero attached hydrogens (tertiary/aromatic N) is 3. The van der Waals surface area contributed by atoms with Gasteiger partial charge in [-0.1, -0.05) is 200 Å². The topological polar surface area (TPSA) is 9.72 Å². The number of fused-ring (bicyclic) bond motifs is 7. The van der Waals surface area contributed by atoms with Crippen molar-refractivity contribution in [2.45, 2.75) is 162 Å². The molecule has 0 radical (unpaired) electrons. The molecule has 1 fully saturated rings. The number of anilines is 8. The minimum Gasteiger partial charge on any atom is -0.334 e. The predicted octanol–water partition coefficient (Wildman–Crippen LogP) is 16.8. The van der Waals surface area contributed by atoms with E-state index in [0.29, 0.717) is 0 Å². The fourth-order valence-corrected chi connectivity index (χ4v) is 13.0. The molecular weight excluding hydrogens is 858 g/mol. The smallest absolute Gasteiger partial charge is 0.252 e. The molecule has 0 amide bonds. The van der Waals surface area contributed by atoms with E-state index >= 15 is 0 Å². The molecule has 0 saturated heterocycles. The molecule has 4 aliphatic rings. The molecule has 7 aromatic rings. The number of para-hydroxylation sites is 1. The van der Waals surface area contributed by atoms with E-state index in [1.165, 1.54) is 127 Å². The Hall–Kier alpha value is -6.00. The van der Waals surface area contributed by atoms with E-state index < -0.39 is 0 Å². The number of rotatable bonds is 4. The Bertz CT molecular complexity index is 3230. The molecule has 1 aliphatic carbocycles. The Kier molecular flexibility index (Phi) is 10.8. The first-order valence-electron chi connectivity index (χ1n) is 26.8. The SMILES string of the molecule is CC(C)(C)c1cccc(N2c3cc(C(C)(C)C)ccc3B3c4ccc(C(C)(C)C)cc4N(c4ccc(C(C)(C)C)cc4-c4ccccc4)c4cc(N5c6ccccc6C6(C)CCCCCC56C)cc2c43)c1. The van der Waals surface area contributed by atoms with E-state index in [9.17, 15) is 0 Å². The van der Waals surface area contributed by atoms with Crippen LogP contribution in [0.1, 0.15) is 157 Å². The van der Waals surface area contributed by atoms with E-state index in [0.717, 1.165) is 6.42 Å². The standard InChI is InChI=1S/C67H76BN3/c1-62(2,3)45-26-23-27-49(38-45)69-57-40-47(64(7,8)9)30-33-53(57)68-54-34-31-48(65(10,11)12)41-58(54)70(55-35-32-46(63(4,5)6)39-51(55)44-24-17-15-18-25-44)60-43-50(42-59(69)61(60)68)71-56-29-20-19-28-52(56)66(13)36-21-16-22-37-67(66,71)14/h15,17-20,23-35,38-43H,16,21-22,36-37H2,1-14H3. The second-order valence-electron chi connectivity index (χ2n) is 26.2. The van der Waals surface area contributed by atoms with Crippen LogP contribution >= 0.6 is 0 Å². The largest absolute Gasteiger partial charge is 0.334 e. The van der Waals surface area contributed by atoms with Gasteiger partial charge >= 0.3 is 0 Å². The van der Waals surface area contributed by atoms with Crippen LogP contribution in [-0.2, 0) is 27.1 Å². The molecule has 3 heterocycles. The summed E-state index contributed by atoms with van der Waals surface area (Å²) in [6.07, 6.45) is 6.07. The summed E-state index contributed by atoms with van der Waals surface area (Å²) < 4.78 is 0. The summed E-state index contributed by atoms with van der Waals surface area (Å²) in [5.41, 5.74) is 23.1. The van der Waals surface area contributed by atoms with Gasteiger partial charge in [-0.25, -0.2) is 0 Å². The molecule has 0 bridgehead atoms. The van der Waals surface area contributed by atoms with E-state index in [4.69, 9.17) is 0 Å². The molecule has 2 unspecified atom stereocenters. The van der Waals surface area contributed by atoms with Crippen molar-refractivity contribution in [3.63, 3.8) is 0 Å². The van der Waals surface area contributed by atoms with Gasteiger partial charge in [0.2, 0.25) is 0 Å². The van der Waals surface area contributed by atoms with E-state index in [2.05, 4.69) is 257 Å². The van der Waals surface area contributed by atoms with Crippen LogP contribution in [0.2, 0.25) is 0 Å². The van der Waals surface area contributed by atoms with Crippen molar-refractivity contribution in [3.8, 4) is 11.1 Å². The lowest BCUT2D eigenvalue weighted by molar-refractivity contribution is 0.261. The quantitative estimate of drug-likeness (QED) is 0.163. The molecule has 3 aliphatic heterocycles. The second-order valence-corrected chi connectivity index (χ2v) is 26.2. The lowest BCUT2D eigenvalue weighted by atomic mass is 9.33. The summed E-state index contributed by atoms with van der Waals surface area (Å²) in [6.45, 7) is 33.4. The number of hydrogen-bond donors (Lipinski definition) is 0. The van der Waals surface area contributed by atoms with Crippen molar-refractivity contribution < 1.29 is 0 Å². The summed E-state index contributed by atoms with van der Waals surface area (Å²) in [5.74, 6) is 0. The van der Waals surface area contributed by atoms with Crippen LogP contribution < -0.4 is 31.1 Å². The summed E-state index contributed by atoms with van der Waals surface area (Å²) in [7, 11) is 0. The molecule has 4 heteroatoms. The highest BCUT2D eigenvalue weighted by Crippen LogP contribution is 2.61. The van der Waals surface area contributed by atoms with Gasteiger partial charge in [0.1, 0.15) is 0 Å². The van der Waals surface area contributed by atoms with E-state index in [1.807, 2.05) is 0 Å². The fourth-order valence-electron chi connectivity index (χ4n) is 13.0. The Morgan fingerprint density at radius 1 is 0.408 bits per heavy atom. The molecule has 0 aromatic heterocycles. The van der Waals surface area contributed by atoms with Gasteiger partial charge in [-0.3, -0.25) is 0 Å². The Morgan fingerprint density at radius 2 is 0.944 bits per heavy atom. The number of benzene rings is 7. The minimum absolute atomic E-state index is 0.000920. The first-order valence-corrected chi connectivity index (χ1v) is 26.8. The summed E-state index contributed by atoms with van der Waals surface area (Å²) >= 11 is 0. The Morgan fingerprint density at radius 3 is 1.58 bits per heavy atom. The minimum atomic E-state index is -0.142. The van der Waals surface area contributed by atoms with Crippen LogP contribution in [0.5, 0.6) is 0 Å². The highest BCUT2D eigenvalue weighted by molar-refractivity contribution is 7.00. The molecular formula is C67H76BN3. The monoisotopic (exact) mass is 934 g/mol. The van der Waals surface area contributed by atoms with E-state index in [1.54, 1.807) is 0 Å². The fraction of sp³-hybridized carbons (Fsp3) is 0.373. The summed E-state index contributed by atoms with van der Waals surface area (Å²) in [6, 6.07) is 57.5. The van der Waals surface area contributed by atoms with Crippen molar-refractivity contribution in [2.75, 3.05) is 14.7 Å². The van der Waals surface area contributed by atoms with Gasteiger partial charge in [-0.05, 0) is 146 Å². The van der Waals surface area contributed by atoms with Gasteiger partial charge in [0.05, 0.1) is 11.2 Å². The first kappa shape index (κ1) is 47.3. The maximum Gasteiger partial charge on any atom is 0.252 e. The lowest BCUT2D eigenvalue weighted by Gasteiger charge is -2.49. The van der Waals surface area contributed by atoms with Crippen LogP contribution in [0.15, 0.2) is 146 Å². The van der Waals surface area contributed by atoms with Crippen LogP contribution in [0.25, 0.3) is 11.1 Å². The third-order valence-corrected chi connectivity index (χ3v) is 17.5. The molecule has 0 N–H and O–H groups in total. The lowest BCUT2D eigenvalue weighted by Crippen LogP contribution is -2.61. The highest BCUT2D eigenvalue weighted by atomic mass is 15.3. The van der Waals surface area contributed by atoms with Crippen molar-refractivity contribution in [3.05, 3.63) is 173 Å². The van der Waals surface area contributed by atoms with Gasteiger partial charge < -0.3 is 14.7 Å². The highest BCUT2D eigenvalue weighted by Gasteiger charge is 2.57. The Balaban J connectivity index is 1.31. The zero-order valence-corrected chi connectivity index (χ0v) is 45.3. The molecule has 11 rings (SSSR count). The van der Waals surface area contributed by atoms with Gasteiger partial charge in [-0.2, -0.15) is 0 Å². The zero-order chi connectivity index (χ0) is 50.2. The normalized spacial score (nSPS) is 19.7. The second kappa shape index (κ2) is 16.3. The van der Waals surface area contributed by atoms with Crippen LogP contribution in [0, 0.1) is 0 Å². The molecule has 7 aromatic carbocycles. The van der Waals surface area contributed by atoms with Gasteiger partial charge in [-0.15, -0.1) is 0 Å². The molecule has 71 heavy (non-hydrogen) atoms. The van der Waals surface area contributed by atoms with Crippen LogP contribution in [0.3, 0.4) is 0 Å². The van der Waals surface area contributed by atoms with Crippen LogP contribution in [0.4, 0.5) is 45.5 Å². The molecule has 362 valence electrons. The first-order chi connectivity index (χ1) is 33.5. The van der Waals surface area contributed by atoms with Crippen molar-refractivity contribution in [1.29, 1.82) is 0 Å². The van der Waals surface area contributed by atoms with Crippen molar-refractivity contribution >= 4 is 68.6 Å². The Labute approximate surface area is 427 Å². The predicted molar refractivity (Wildman–Crippen MR) is 308 cm³/mol. The third-order valence-electron chi connectivity index (χ3n) is 17.5. The maximum absolute atomic E-state index is 2.82. The summed E-state index contributed by atoms with van der Waals surface area (Å²) in [4.78, 5) is 8.19. The van der Waals surface area contributed by atoms with Gasteiger partial charge in [0, 0.05) is 50.8 Å². The molecule has 3 nitrogen and oxygen atoms in total. The third kappa shape index (κ3) is 7.51. The van der Waals surface area contributed by atoms with Gasteiger partial charge in [0.25, 0.3) is 6.71 Å². The van der Waals surface area contributed by atoms with E-state index in [-0.39, 0.29) is 39.3 Å². The van der Waals surface area contributed by atoms with Crippen molar-refractivity contribution in [1.82, 2.24) is 0 Å². The molecule has 0 spiro atoms. The van der Waals surface area contributed by atoms with Crippen molar-refractivity contribution in [2.24, 2.45) is 0 Å². The van der Waals surface area contributed by atoms with Gasteiger partial charge in [0.15, 0.2) is 0 Å². The average Bonchev–Trinajstić information content (AvgIpc) is 3.39. The maximum atomic E-state index is 2.82. The number of hydrogen-bond acceptors (Lipinski definition) is 3. The van der Waals surface area contributed by atoms with Crippen LogP contribution in [-0.4, -0.2) is 12.3 Å².